The summed E-state index contributed by atoms with van der Waals surface area (Å²) < 4.78 is 5.27. The van der Waals surface area contributed by atoms with Crippen molar-refractivity contribution in [1.82, 2.24) is 14.7 Å². The van der Waals surface area contributed by atoms with Gasteiger partial charge in [-0.15, -0.1) is 0 Å². The number of hydrogen-bond acceptors (Lipinski definition) is 6. The van der Waals surface area contributed by atoms with Crippen molar-refractivity contribution >= 4 is 24.0 Å². The van der Waals surface area contributed by atoms with Crippen molar-refractivity contribution in [2.75, 3.05) is 39.8 Å². The van der Waals surface area contributed by atoms with Gasteiger partial charge in [0.1, 0.15) is 11.3 Å². The van der Waals surface area contributed by atoms with E-state index in [0.29, 0.717) is 38.3 Å². The minimum absolute atomic E-state index is 0.0435. The minimum Gasteiger partial charge on any atom is -0.462 e. The molecule has 1 saturated heterocycles. The molecule has 1 saturated carbocycles. The summed E-state index contributed by atoms with van der Waals surface area (Å²) >= 11 is 0. The van der Waals surface area contributed by atoms with Crippen LogP contribution in [0.5, 0.6) is 0 Å². The lowest BCUT2D eigenvalue weighted by Gasteiger charge is -2.48. The van der Waals surface area contributed by atoms with Gasteiger partial charge in [-0.25, -0.2) is 4.79 Å². The number of fused-ring (bicyclic) bond motifs is 1. The average molecular weight is 415 g/mol. The van der Waals surface area contributed by atoms with E-state index in [2.05, 4.69) is 9.89 Å². The monoisotopic (exact) mass is 414 g/mol. The Balaban J connectivity index is 1.60. The third-order valence-corrected chi connectivity index (χ3v) is 6.62. The molecule has 4 aliphatic rings. The van der Waals surface area contributed by atoms with Crippen molar-refractivity contribution in [2.45, 2.75) is 45.1 Å². The number of esters is 1. The van der Waals surface area contributed by atoms with E-state index in [1.807, 2.05) is 11.0 Å². The number of likely N-dealkylation sites (N-methyl/N-ethyl adjacent to an activating group) is 1. The molecular weight excluding hydrogens is 384 g/mol. The van der Waals surface area contributed by atoms with Crippen molar-refractivity contribution in [3.05, 3.63) is 23.0 Å². The summed E-state index contributed by atoms with van der Waals surface area (Å²) in [5.74, 6) is -0.670. The summed E-state index contributed by atoms with van der Waals surface area (Å²) in [5.41, 5.74) is 1.54. The fourth-order valence-corrected chi connectivity index (χ4v) is 5.13. The fourth-order valence-electron chi connectivity index (χ4n) is 5.13. The van der Waals surface area contributed by atoms with E-state index in [4.69, 9.17) is 4.74 Å². The van der Waals surface area contributed by atoms with Crippen molar-refractivity contribution in [1.29, 1.82) is 0 Å². The number of rotatable bonds is 4. The molecule has 1 aliphatic carbocycles. The molecule has 0 aromatic carbocycles. The largest absolute Gasteiger partial charge is 0.462 e. The summed E-state index contributed by atoms with van der Waals surface area (Å²) in [6.07, 6.45) is 8.39. The molecule has 2 atom stereocenters. The maximum Gasteiger partial charge on any atom is 0.345 e. The molecule has 30 heavy (non-hydrogen) atoms. The first-order valence-electron chi connectivity index (χ1n) is 11.0. The fraction of sp³-hybridized carbons (Fsp3) is 0.636. The predicted octanol–water partition coefficient (Wildman–Crippen LogP) is 1.34. The molecule has 2 unspecified atom stereocenters. The zero-order valence-corrected chi connectivity index (χ0v) is 17.8. The lowest BCUT2D eigenvalue weighted by atomic mass is 9.76. The standard InChI is InChI=1S/C22H30N4O4/c1-3-30-22(29)18-19(15-7-4-5-9-17(15)24(2)21(18)28)25-11-13-26(14-12-25)20(27)16-8-6-10-23-16/h8,10,15,17H,3-7,9,11-14H2,1-2H3. The number of allylic oxidation sites excluding steroid dienone is 1. The lowest BCUT2D eigenvalue weighted by Crippen LogP contribution is -2.56. The Hall–Kier alpha value is -2.64. The number of carbonyl (C=O) groups is 3. The van der Waals surface area contributed by atoms with E-state index in [9.17, 15) is 14.4 Å². The first-order valence-corrected chi connectivity index (χ1v) is 11.0. The van der Waals surface area contributed by atoms with Gasteiger partial charge in [-0.3, -0.25) is 14.6 Å². The number of hydrogen-bond donors (Lipinski definition) is 0. The van der Waals surface area contributed by atoms with Gasteiger partial charge in [-0.05, 0) is 25.8 Å². The van der Waals surface area contributed by atoms with E-state index < -0.39 is 5.97 Å². The van der Waals surface area contributed by atoms with Crippen LogP contribution in [0.4, 0.5) is 0 Å². The number of ether oxygens (including phenoxy) is 1. The molecule has 8 nitrogen and oxygen atoms in total. The first-order chi connectivity index (χ1) is 14.5. The Morgan fingerprint density at radius 1 is 1.17 bits per heavy atom. The second-order valence-corrected chi connectivity index (χ2v) is 8.27. The molecule has 2 amide bonds. The molecule has 4 rings (SSSR count). The zero-order chi connectivity index (χ0) is 21.3. The number of piperazine rings is 1. The Bertz CT molecular complexity index is 823. The first kappa shape index (κ1) is 20.6. The van der Waals surface area contributed by atoms with Crippen LogP contribution in [0, 0.1) is 5.92 Å². The second kappa shape index (κ2) is 8.62. The molecule has 0 radical (unpaired) electrons. The minimum atomic E-state index is -0.530. The topological polar surface area (TPSA) is 82.5 Å². The normalized spacial score (nSPS) is 26.7. The molecule has 0 N–H and O–H groups in total. The highest BCUT2D eigenvalue weighted by Crippen LogP contribution is 2.40. The van der Waals surface area contributed by atoms with Gasteiger partial charge in [-0.2, -0.15) is 0 Å². The van der Waals surface area contributed by atoms with Gasteiger partial charge < -0.3 is 19.4 Å². The Morgan fingerprint density at radius 2 is 1.90 bits per heavy atom. The van der Waals surface area contributed by atoms with Crippen LogP contribution in [-0.4, -0.2) is 84.6 Å². The molecule has 0 bridgehead atoms. The van der Waals surface area contributed by atoms with Gasteiger partial charge in [-0.1, -0.05) is 12.8 Å². The van der Waals surface area contributed by atoms with E-state index in [-0.39, 0.29) is 36.0 Å². The van der Waals surface area contributed by atoms with Crippen LogP contribution in [0.3, 0.4) is 0 Å². The predicted molar refractivity (Wildman–Crippen MR) is 112 cm³/mol. The van der Waals surface area contributed by atoms with E-state index >= 15 is 0 Å². The van der Waals surface area contributed by atoms with Crippen LogP contribution in [0.15, 0.2) is 28.0 Å². The van der Waals surface area contributed by atoms with Crippen LogP contribution in [0.1, 0.15) is 39.0 Å². The summed E-state index contributed by atoms with van der Waals surface area (Å²) in [5, 5.41) is 0. The van der Waals surface area contributed by atoms with Crippen molar-refractivity contribution in [3.63, 3.8) is 0 Å². The van der Waals surface area contributed by atoms with Crippen molar-refractivity contribution in [3.8, 4) is 0 Å². The van der Waals surface area contributed by atoms with Crippen molar-refractivity contribution < 1.29 is 19.1 Å². The highest BCUT2D eigenvalue weighted by molar-refractivity contribution is 6.17. The van der Waals surface area contributed by atoms with Gasteiger partial charge in [0.2, 0.25) is 0 Å². The average Bonchev–Trinajstić information content (AvgIpc) is 3.31. The van der Waals surface area contributed by atoms with E-state index in [1.165, 1.54) is 0 Å². The summed E-state index contributed by atoms with van der Waals surface area (Å²) in [6, 6.07) is 0.122. The second-order valence-electron chi connectivity index (χ2n) is 8.27. The molecule has 0 aromatic rings. The number of nitrogens with zero attached hydrogens (tertiary/aromatic N) is 4. The Kier molecular flexibility index (Phi) is 5.92. The maximum atomic E-state index is 13.1. The van der Waals surface area contributed by atoms with E-state index in [1.54, 1.807) is 25.1 Å². The number of aliphatic imine (C=N–C) groups is 1. The van der Waals surface area contributed by atoms with Crippen LogP contribution in [0.2, 0.25) is 0 Å². The highest BCUT2D eigenvalue weighted by atomic mass is 16.5. The maximum absolute atomic E-state index is 13.1. The molecule has 0 spiro atoms. The van der Waals surface area contributed by atoms with Crippen molar-refractivity contribution in [2.24, 2.45) is 10.9 Å². The van der Waals surface area contributed by atoms with Crippen LogP contribution in [0.25, 0.3) is 0 Å². The smallest absolute Gasteiger partial charge is 0.345 e. The van der Waals surface area contributed by atoms with Crippen LogP contribution < -0.4 is 0 Å². The zero-order valence-electron chi connectivity index (χ0n) is 17.8. The van der Waals surface area contributed by atoms with E-state index in [0.717, 1.165) is 31.4 Å². The number of amides is 2. The SMILES string of the molecule is CCOC(=O)C1=C(N2CCN(C(=O)C3=CCC=N3)CC2)C2CCCCC2N(C)C1=O. The Morgan fingerprint density at radius 3 is 2.57 bits per heavy atom. The molecule has 8 heteroatoms. The van der Waals surface area contributed by atoms with Gasteiger partial charge in [0.25, 0.3) is 11.8 Å². The molecule has 0 aromatic heterocycles. The van der Waals surface area contributed by atoms with Gasteiger partial charge in [0, 0.05) is 63.5 Å². The summed E-state index contributed by atoms with van der Waals surface area (Å²) in [4.78, 5) is 48.4. The highest BCUT2D eigenvalue weighted by Gasteiger charge is 2.46. The summed E-state index contributed by atoms with van der Waals surface area (Å²) in [6.45, 7) is 4.28. The van der Waals surface area contributed by atoms with Gasteiger partial charge in [0.15, 0.2) is 0 Å². The molecule has 162 valence electrons. The third kappa shape index (κ3) is 3.63. The third-order valence-electron chi connectivity index (χ3n) is 6.62. The Labute approximate surface area is 177 Å². The van der Waals surface area contributed by atoms with Gasteiger partial charge in [0.05, 0.1) is 6.61 Å². The van der Waals surface area contributed by atoms with Crippen LogP contribution in [-0.2, 0) is 19.1 Å². The lowest BCUT2D eigenvalue weighted by molar-refractivity contribution is -0.144. The quantitative estimate of drug-likeness (QED) is 0.512. The van der Waals surface area contributed by atoms with Gasteiger partial charge >= 0.3 is 5.97 Å². The number of carbonyl (C=O) groups excluding carboxylic acids is 3. The molecule has 2 fully saturated rings. The molecule has 3 heterocycles. The molecular formula is C22H30N4O4. The molecule has 3 aliphatic heterocycles. The summed E-state index contributed by atoms with van der Waals surface area (Å²) in [7, 11) is 1.80. The van der Waals surface area contributed by atoms with Crippen LogP contribution >= 0.6 is 0 Å².